The fourth-order valence-electron chi connectivity index (χ4n) is 3.30. The minimum absolute atomic E-state index is 0.165. The molecule has 0 bridgehead atoms. The summed E-state index contributed by atoms with van der Waals surface area (Å²) in [5, 5.41) is 3.39. The van der Waals surface area contributed by atoms with E-state index in [2.05, 4.69) is 5.32 Å². The topological polar surface area (TPSA) is 47.6 Å². The van der Waals surface area contributed by atoms with Crippen LogP contribution in [0.4, 0.5) is 0 Å². The molecule has 2 rings (SSSR count). The van der Waals surface area contributed by atoms with E-state index in [1.165, 1.54) is 45.6 Å². The van der Waals surface area contributed by atoms with E-state index in [0.717, 1.165) is 13.2 Å². The van der Waals surface area contributed by atoms with Crippen LogP contribution in [0.1, 0.15) is 45.4 Å². The molecule has 1 aliphatic carbocycles. The van der Waals surface area contributed by atoms with Crippen LogP contribution in [0.3, 0.4) is 0 Å². The van der Waals surface area contributed by atoms with Crippen LogP contribution in [0.15, 0.2) is 0 Å². The predicted octanol–water partition coefficient (Wildman–Crippen LogP) is 1.88. The molecule has 104 valence electrons. The van der Waals surface area contributed by atoms with Crippen molar-refractivity contribution in [1.29, 1.82) is 0 Å². The molecule has 2 aliphatic rings. The minimum Gasteiger partial charge on any atom is -0.468 e. The lowest BCUT2D eigenvalue weighted by molar-refractivity contribution is -0.143. The number of methoxy groups -OCH3 is 1. The van der Waals surface area contributed by atoms with Crippen molar-refractivity contribution in [3.8, 4) is 0 Å². The van der Waals surface area contributed by atoms with Gasteiger partial charge in [-0.1, -0.05) is 0 Å². The SMILES string of the molecule is COC(=O)C(C)NC1CCC2(CCOCC2)CC1. The Bertz CT molecular complexity index is 277. The summed E-state index contributed by atoms with van der Waals surface area (Å²) in [6.45, 7) is 3.73. The quantitative estimate of drug-likeness (QED) is 0.782. The van der Waals surface area contributed by atoms with Crippen molar-refractivity contribution in [2.75, 3.05) is 20.3 Å². The summed E-state index contributed by atoms with van der Waals surface area (Å²) >= 11 is 0. The molecular formula is C14H25NO3. The molecule has 0 radical (unpaired) electrons. The van der Waals surface area contributed by atoms with E-state index in [4.69, 9.17) is 9.47 Å². The highest BCUT2D eigenvalue weighted by atomic mass is 16.5. The van der Waals surface area contributed by atoms with Crippen molar-refractivity contribution in [3.05, 3.63) is 0 Å². The molecule has 4 nitrogen and oxygen atoms in total. The Hall–Kier alpha value is -0.610. The first-order valence-corrected chi connectivity index (χ1v) is 7.07. The van der Waals surface area contributed by atoms with Crippen LogP contribution in [0.25, 0.3) is 0 Å². The van der Waals surface area contributed by atoms with Gasteiger partial charge in [0.05, 0.1) is 7.11 Å². The lowest BCUT2D eigenvalue weighted by Crippen LogP contribution is -2.46. The number of esters is 1. The summed E-state index contributed by atoms with van der Waals surface area (Å²) in [5.41, 5.74) is 0.533. The van der Waals surface area contributed by atoms with Gasteiger partial charge in [-0.15, -0.1) is 0 Å². The van der Waals surface area contributed by atoms with E-state index in [1.54, 1.807) is 0 Å². The number of carbonyl (C=O) groups excluding carboxylic acids is 1. The molecule has 1 spiro atoms. The second kappa shape index (κ2) is 6.02. The molecule has 1 N–H and O–H groups in total. The third-order valence-corrected chi connectivity index (χ3v) is 4.64. The molecule has 0 amide bonds. The zero-order valence-electron chi connectivity index (χ0n) is 11.5. The zero-order chi connectivity index (χ0) is 13.0. The average Bonchev–Trinajstić information content (AvgIpc) is 2.41. The van der Waals surface area contributed by atoms with E-state index in [1.807, 2.05) is 6.92 Å². The van der Waals surface area contributed by atoms with Crippen LogP contribution in [0.5, 0.6) is 0 Å². The van der Waals surface area contributed by atoms with Crippen molar-refractivity contribution < 1.29 is 14.3 Å². The van der Waals surface area contributed by atoms with Gasteiger partial charge in [-0.25, -0.2) is 0 Å². The normalized spacial score (nSPS) is 25.9. The number of nitrogens with one attached hydrogen (secondary N) is 1. The monoisotopic (exact) mass is 255 g/mol. The van der Waals surface area contributed by atoms with Gasteiger partial charge in [0.15, 0.2) is 0 Å². The predicted molar refractivity (Wildman–Crippen MR) is 69.4 cm³/mol. The largest absolute Gasteiger partial charge is 0.468 e. The highest BCUT2D eigenvalue weighted by Gasteiger charge is 2.37. The van der Waals surface area contributed by atoms with Gasteiger partial charge >= 0.3 is 5.97 Å². The van der Waals surface area contributed by atoms with Crippen molar-refractivity contribution in [3.63, 3.8) is 0 Å². The first kappa shape index (κ1) is 13.8. The highest BCUT2D eigenvalue weighted by Crippen LogP contribution is 2.44. The smallest absolute Gasteiger partial charge is 0.322 e. The van der Waals surface area contributed by atoms with Crippen molar-refractivity contribution in [2.45, 2.75) is 57.5 Å². The van der Waals surface area contributed by atoms with Crippen LogP contribution in [-0.2, 0) is 14.3 Å². The Labute approximate surface area is 109 Å². The Morgan fingerprint density at radius 3 is 2.44 bits per heavy atom. The summed E-state index contributed by atoms with van der Waals surface area (Å²) in [7, 11) is 1.44. The maximum Gasteiger partial charge on any atom is 0.322 e. The molecule has 0 aromatic heterocycles. The zero-order valence-corrected chi connectivity index (χ0v) is 11.5. The van der Waals surface area contributed by atoms with Gasteiger partial charge in [-0.3, -0.25) is 4.79 Å². The average molecular weight is 255 g/mol. The van der Waals surface area contributed by atoms with Crippen LogP contribution < -0.4 is 5.32 Å². The standard InChI is InChI=1S/C14H25NO3/c1-11(13(16)17-2)15-12-3-5-14(6-4-12)7-9-18-10-8-14/h11-12,15H,3-10H2,1-2H3. The number of rotatable bonds is 3. The van der Waals surface area contributed by atoms with Crippen LogP contribution in [-0.4, -0.2) is 38.4 Å². The molecule has 1 unspecified atom stereocenters. The molecule has 4 heteroatoms. The van der Waals surface area contributed by atoms with Gasteiger partial charge in [-0.05, 0) is 50.9 Å². The minimum atomic E-state index is -0.191. The van der Waals surface area contributed by atoms with Gasteiger partial charge in [0.2, 0.25) is 0 Å². The first-order valence-electron chi connectivity index (χ1n) is 7.07. The number of carbonyl (C=O) groups is 1. The summed E-state index contributed by atoms with van der Waals surface area (Å²) in [5.74, 6) is -0.165. The van der Waals surface area contributed by atoms with E-state index in [-0.39, 0.29) is 12.0 Å². The second-order valence-electron chi connectivity index (χ2n) is 5.80. The first-order chi connectivity index (χ1) is 8.65. The third kappa shape index (κ3) is 3.23. The molecule has 1 saturated carbocycles. The summed E-state index contributed by atoms with van der Waals surface area (Å²) in [4.78, 5) is 11.4. The summed E-state index contributed by atoms with van der Waals surface area (Å²) in [6.07, 6.45) is 7.30. The van der Waals surface area contributed by atoms with Gasteiger partial charge in [0, 0.05) is 19.3 Å². The van der Waals surface area contributed by atoms with Gasteiger partial charge in [0.1, 0.15) is 6.04 Å². The Balaban J connectivity index is 1.77. The van der Waals surface area contributed by atoms with Crippen molar-refractivity contribution in [2.24, 2.45) is 5.41 Å². The number of hydrogen-bond acceptors (Lipinski definition) is 4. The highest BCUT2D eigenvalue weighted by molar-refractivity contribution is 5.75. The van der Waals surface area contributed by atoms with Crippen molar-refractivity contribution >= 4 is 5.97 Å². The van der Waals surface area contributed by atoms with Gasteiger partial charge in [0.25, 0.3) is 0 Å². The molecule has 0 aromatic rings. The molecule has 0 aromatic carbocycles. The molecule has 18 heavy (non-hydrogen) atoms. The van der Waals surface area contributed by atoms with Crippen LogP contribution in [0, 0.1) is 5.41 Å². The Morgan fingerprint density at radius 2 is 1.89 bits per heavy atom. The molecule has 1 saturated heterocycles. The maximum atomic E-state index is 11.4. The molecule has 1 heterocycles. The second-order valence-corrected chi connectivity index (χ2v) is 5.80. The van der Waals surface area contributed by atoms with E-state index >= 15 is 0 Å². The number of hydrogen-bond donors (Lipinski definition) is 1. The van der Waals surface area contributed by atoms with Crippen LogP contribution in [0.2, 0.25) is 0 Å². The van der Waals surface area contributed by atoms with Crippen molar-refractivity contribution in [1.82, 2.24) is 5.32 Å². The Kier molecular flexibility index (Phi) is 4.62. The maximum absolute atomic E-state index is 11.4. The van der Waals surface area contributed by atoms with Crippen LogP contribution >= 0.6 is 0 Å². The van der Waals surface area contributed by atoms with Gasteiger partial charge in [-0.2, -0.15) is 0 Å². The fourth-order valence-corrected chi connectivity index (χ4v) is 3.30. The third-order valence-electron chi connectivity index (χ3n) is 4.64. The summed E-state index contributed by atoms with van der Waals surface area (Å²) < 4.78 is 10.2. The summed E-state index contributed by atoms with van der Waals surface area (Å²) in [6, 6.07) is 0.274. The molecule has 1 aliphatic heterocycles. The van der Waals surface area contributed by atoms with E-state index < -0.39 is 0 Å². The molecule has 2 fully saturated rings. The fraction of sp³-hybridized carbons (Fsp3) is 0.929. The lowest BCUT2D eigenvalue weighted by atomic mass is 9.68. The Morgan fingerprint density at radius 1 is 1.28 bits per heavy atom. The molecule has 1 atom stereocenters. The lowest BCUT2D eigenvalue weighted by Gasteiger charge is -2.43. The number of ether oxygens (including phenoxy) is 2. The van der Waals surface area contributed by atoms with E-state index in [0.29, 0.717) is 11.5 Å². The van der Waals surface area contributed by atoms with E-state index in [9.17, 15) is 4.79 Å². The molecular weight excluding hydrogens is 230 g/mol. The van der Waals surface area contributed by atoms with Gasteiger partial charge < -0.3 is 14.8 Å².